The molecule has 0 aliphatic carbocycles. The Morgan fingerprint density at radius 3 is 2.44 bits per heavy atom. The van der Waals surface area contributed by atoms with Crippen LogP contribution in [-0.2, 0) is 6.18 Å². The Kier molecular flexibility index (Phi) is 3.16. The van der Waals surface area contributed by atoms with Gasteiger partial charge in [0.05, 0.1) is 23.7 Å². The Labute approximate surface area is 104 Å². The molecular weight excluding hydrogens is 268 g/mol. The highest BCUT2D eigenvalue weighted by Gasteiger charge is 2.33. The van der Waals surface area contributed by atoms with Gasteiger partial charge in [0.2, 0.25) is 0 Å². The smallest absolute Gasteiger partial charge is 0.344 e. The summed E-state index contributed by atoms with van der Waals surface area (Å²) in [6.45, 7) is 0. The van der Waals surface area contributed by atoms with E-state index < -0.39 is 17.6 Å². The quantitative estimate of drug-likeness (QED) is 0.629. The Balaban J connectivity index is 2.50. The van der Waals surface area contributed by atoms with E-state index in [1.165, 1.54) is 12.4 Å². The molecule has 18 heavy (non-hydrogen) atoms. The van der Waals surface area contributed by atoms with Crippen LogP contribution in [0.4, 0.5) is 17.6 Å². The number of hydrogen-bond donors (Lipinski definition) is 1. The number of hydrogen-bond acceptors (Lipinski definition) is 2. The number of nitrogens with one attached hydrogen (secondary N) is 1. The van der Waals surface area contributed by atoms with Crippen LogP contribution in [0.1, 0.15) is 5.56 Å². The number of nitrogens with zero attached hydrogens (tertiary/aromatic N) is 1. The zero-order valence-electron chi connectivity index (χ0n) is 8.75. The van der Waals surface area contributed by atoms with Gasteiger partial charge in [-0.05, 0) is 12.1 Å². The molecule has 0 unspecified atom stereocenters. The number of H-pyrrole nitrogens is 1. The van der Waals surface area contributed by atoms with Crippen LogP contribution in [0.25, 0.3) is 11.3 Å². The van der Waals surface area contributed by atoms with Crippen LogP contribution in [0.2, 0.25) is 0 Å². The molecule has 0 amide bonds. The number of aromatic nitrogens is 2. The second kappa shape index (κ2) is 4.49. The van der Waals surface area contributed by atoms with Gasteiger partial charge in [0.15, 0.2) is 0 Å². The minimum Gasteiger partial charge on any atom is -0.344 e. The van der Waals surface area contributed by atoms with E-state index >= 15 is 0 Å². The molecule has 1 N–H and O–H groups in total. The van der Waals surface area contributed by atoms with Crippen molar-refractivity contribution in [3.05, 3.63) is 46.6 Å². The largest absolute Gasteiger partial charge is 0.419 e. The van der Waals surface area contributed by atoms with Gasteiger partial charge in [-0.25, -0.2) is 4.39 Å². The monoisotopic (exact) mass is 274 g/mol. The molecule has 0 fully saturated rings. The highest BCUT2D eigenvalue weighted by atomic mass is 32.1. The molecule has 0 atom stereocenters. The van der Waals surface area contributed by atoms with Crippen LogP contribution in [0.3, 0.4) is 0 Å². The summed E-state index contributed by atoms with van der Waals surface area (Å²) in [7, 11) is 0. The molecule has 0 saturated heterocycles. The summed E-state index contributed by atoms with van der Waals surface area (Å²) in [5, 5.41) is 0. The molecule has 94 valence electrons. The van der Waals surface area contributed by atoms with Gasteiger partial charge >= 0.3 is 6.18 Å². The van der Waals surface area contributed by atoms with Gasteiger partial charge in [0, 0.05) is 5.56 Å². The van der Waals surface area contributed by atoms with Crippen LogP contribution in [0, 0.1) is 10.5 Å². The molecule has 2 aromatic rings. The lowest BCUT2D eigenvalue weighted by molar-refractivity contribution is -0.139. The van der Waals surface area contributed by atoms with Crippen molar-refractivity contribution in [1.82, 2.24) is 9.97 Å². The van der Waals surface area contributed by atoms with Gasteiger partial charge in [-0.1, -0.05) is 18.3 Å². The van der Waals surface area contributed by atoms with E-state index in [0.717, 1.165) is 12.1 Å². The van der Waals surface area contributed by atoms with Crippen molar-refractivity contribution in [2.75, 3.05) is 0 Å². The fourth-order valence-electron chi connectivity index (χ4n) is 1.44. The van der Waals surface area contributed by atoms with Crippen molar-refractivity contribution < 1.29 is 17.6 Å². The molecule has 0 bridgehead atoms. The first kappa shape index (κ1) is 12.7. The maximum atomic E-state index is 13.4. The lowest BCUT2D eigenvalue weighted by Gasteiger charge is -2.09. The third-order valence-corrected chi connectivity index (χ3v) is 2.45. The highest BCUT2D eigenvalue weighted by molar-refractivity contribution is 7.71. The van der Waals surface area contributed by atoms with Crippen molar-refractivity contribution in [1.29, 1.82) is 0 Å². The first-order chi connectivity index (χ1) is 8.38. The number of rotatable bonds is 1. The normalized spacial score (nSPS) is 11.6. The topological polar surface area (TPSA) is 28.7 Å². The Hall–Kier alpha value is -1.76. The second-order valence-electron chi connectivity index (χ2n) is 3.50. The average Bonchev–Trinajstić information content (AvgIpc) is 2.27. The summed E-state index contributed by atoms with van der Waals surface area (Å²) in [4.78, 5) is 6.49. The van der Waals surface area contributed by atoms with E-state index in [4.69, 9.17) is 12.2 Å². The molecule has 0 aliphatic heterocycles. The number of benzene rings is 1. The van der Waals surface area contributed by atoms with Crippen molar-refractivity contribution in [2.45, 2.75) is 6.18 Å². The highest BCUT2D eigenvalue weighted by Crippen LogP contribution is 2.32. The molecule has 2 rings (SSSR count). The van der Waals surface area contributed by atoms with Crippen molar-refractivity contribution in [3.63, 3.8) is 0 Å². The molecular formula is C11H6F4N2S. The van der Waals surface area contributed by atoms with Crippen LogP contribution in [0.15, 0.2) is 30.6 Å². The fraction of sp³-hybridized carbons (Fsp3) is 0.0909. The van der Waals surface area contributed by atoms with Crippen LogP contribution >= 0.6 is 12.2 Å². The molecule has 1 aromatic heterocycles. The van der Waals surface area contributed by atoms with Crippen LogP contribution in [0.5, 0.6) is 0 Å². The summed E-state index contributed by atoms with van der Waals surface area (Å²) in [5.41, 5.74) is -0.691. The number of aromatic amines is 1. The molecule has 1 heterocycles. The zero-order valence-corrected chi connectivity index (χ0v) is 9.57. The van der Waals surface area contributed by atoms with Crippen LogP contribution in [-0.4, -0.2) is 9.97 Å². The fourth-order valence-corrected chi connectivity index (χ4v) is 1.61. The van der Waals surface area contributed by atoms with E-state index in [1.807, 2.05) is 0 Å². The molecule has 2 nitrogen and oxygen atoms in total. The lowest BCUT2D eigenvalue weighted by Crippen LogP contribution is -2.07. The first-order valence-electron chi connectivity index (χ1n) is 4.79. The molecule has 0 spiro atoms. The van der Waals surface area contributed by atoms with E-state index in [9.17, 15) is 17.6 Å². The molecule has 1 aromatic carbocycles. The van der Waals surface area contributed by atoms with Gasteiger partial charge in [0.1, 0.15) is 10.5 Å². The van der Waals surface area contributed by atoms with E-state index in [-0.39, 0.29) is 5.56 Å². The van der Waals surface area contributed by atoms with Crippen LogP contribution < -0.4 is 0 Å². The Morgan fingerprint density at radius 2 is 1.89 bits per heavy atom. The van der Waals surface area contributed by atoms with Gasteiger partial charge in [-0.2, -0.15) is 13.2 Å². The summed E-state index contributed by atoms with van der Waals surface area (Å²) >= 11 is 4.83. The third-order valence-electron chi connectivity index (χ3n) is 2.24. The number of alkyl halides is 3. The van der Waals surface area contributed by atoms with Crippen molar-refractivity contribution in [3.8, 4) is 11.3 Å². The lowest BCUT2D eigenvalue weighted by atomic mass is 10.1. The van der Waals surface area contributed by atoms with E-state index in [1.54, 1.807) is 0 Å². The summed E-state index contributed by atoms with van der Waals surface area (Å²) < 4.78 is 50.8. The van der Waals surface area contributed by atoms with Gasteiger partial charge in [-0.3, -0.25) is 4.98 Å². The predicted molar refractivity (Wildman–Crippen MR) is 59.8 cm³/mol. The third kappa shape index (κ3) is 2.56. The molecule has 0 radical (unpaired) electrons. The summed E-state index contributed by atoms with van der Waals surface area (Å²) in [6.07, 6.45) is -1.97. The zero-order chi connectivity index (χ0) is 13.3. The maximum Gasteiger partial charge on any atom is 0.419 e. The number of halogens is 4. The SMILES string of the molecule is Fc1cc(-c2cncc(=S)[nH]2)ccc1C(F)(F)F. The van der Waals surface area contributed by atoms with Crippen molar-refractivity contribution in [2.24, 2.45) is 0 Å². The minimum absolute atomic E-state index is 0.250. The maximum absolute atomic E-state index is 13.4. The van der Waals surface area contributed by atoms with Crippen molar-refractivity contribution >= 4 is 12.2 Å². The predicted octanol–water partition coefficient (Wildman–Crippen LogP) is 3.96. The Morgan fingerprint density at radius 1 is 1.17 bits per heavy atom. The van der Waals surface area contributed by atoms with E-state index in [2.05, 4.69) is 9.97 Å². The minimum atomic E-state index is -4.70. The average molecular weight is 274 g/mol. The first-order valence-corrected chi connectivity index (χ1v) is 5.20. The molecule has 0 aliphatic rings. The standard InChI is InChI=1S/C11H6F4N2S/c12-8-3-6(1-2-7(8)11(13,14)15)9-4-16-5-10(18)17-9/h1-5H,(H,17,18). The molecule has 0 saturated carbocycles. The summed E-state index contributed by atoms with van der Waals surface area (Å²) in [5.74, 6) is -1.33. The second-order valence-corrected chi connectivity index (χ2v) is 3.94. The van der Waals surface area contributed by atoms with Gasteiger partial charge < -0.3 is 4.98 Å². The molecule has 7 heteroatoms. The Bertz CT molecular complexity index is 633. The van der Waals surface area contributed by atoms with E-state index in [0.29, 0.717) is 16.4 Å². The van der Waals surface area contributed by atoms with Gasteiger partial charge in [0.25, 0.3) is 0 Å². The van der Waals surface area contributed by atoms with Gasteiger partial charge in [-0.15, -0.1) is 0 Å². The summed E-state index contributed by atoms with van der Waals surface area (Å²) in [6, 6.07) is 2.65.